The van der Waals surface area contributed by atoms with E-state index in [2.05, 4.69) is 4.98 Å². The van der Waals surface area contributed by atoms with Crippen LogP contribution >= 0.6 is 11.3 Å². The summed E-state index contributed by atoms with van der Waals surface area (Å²) in [5.41, 5.74) is 2.70. The number of rotatable bonds is 1. The van der Waals surface area contributed by atoms with E-state index in [9.17, 15) is 5.11 Å². The molecule has 0 spiro atoms. The zero-order valence-corrected chi connectivity index (χ0v) is 11.0. The van der Waals surface area contributed by atoms with Gasteiger partial charge >= 0.3 is 0 Å². The number of ether oxygens (including phenoxy) is 2. The van der Waals surface area contributed by atoms with Crippen molar-refractivity contribution in [3.8, 4) is 27.1 Å². The molecule has 1 aromatic heterocycles. The van der Waals surface area contributed by atoms with E-state index < -0.39 is 0 Å². The van der Waals surface area contributed by atoms with Gasteiger partial charge in [-0.3, -0.25) is 0 Å². The highest BCUT2D eigenvalue weighted by atomic mass is 32.1. The second-order valence-corrected chi connectivity index (χ2v) is 5.20. The van der Waals surface area contributed by atoms with Crippen LogP contribution in [-0.4, -0.2) is 23.3 Å². The van der Waals surface area contributed by atoms with Gasteiger partial charge in [-0.2, -0.15) is 0 Å². The average Bonchev–Trinajstić information content (AvgIpc) is 2.68. The molecule has 2 heterocycles. The summed E-state index contributed by atoms with van der Waals surface area (Å²) < 4.78 is 11.1. The summed E-state index contributed by atoms with van der Waals surface area (Å²) >= 11 is 1.28. The Bertz CT molecular complexity index is 587. The predicted octanol–water partition coefficient (Wildman–Crippen LogP) is 2.90. The van der Waals surface area contributed by atoms with E-state index in [-0.39, 0.29) is 5.06 Å². The van der Waals surface area contributed by atoms with E-state index >= 15 is 0 Å². The molecule has 0 amide bonds. The van der Waals surface area contributed by atoms with Crippen molar-refractivity contribution in [2.75, 3.05) is 13.2 Å². The molecule has 0 saturated heterocycles. The quantitative estimate of drug-likeness (QED) is 0.859. The van der Waals surface area contributed by atoms with Crippen molar-refractivity contribution < 1.29 is 14.6 Å². The molecule has 4 nitrogen and oxygen atoms in total. The highest BCUT2D eigenvalue weighted by Crippen LogP contribution is 2.40. The Balaban J connectivity index is 2.11. The lowest BCUT2D eigenvalue weighted by Crippen LogP contribution is -2.15. The molecule has 0 saturated carbocycles. The summed E-state index contributed by atoms with van der Waals surface area (Å²) in [4.78, 5) is 4.36. The Morgan fingerprint density at radius 2 is 1.83 bits per heavy atom. The van der Waals surface area contributed by atoms with Crippen LogP contribution in [0.4, 0.5) is 0 Å². The van der Waals surface area contributed by atoms with Crippen LogP contribution in [0.5, 0.6) is 16.6 Å². The van der Waals surface area contributed by atoms with Crippen LogP contribution in [0.2, 0.25) is 0 Å². The number of hydrogen-bond donors (Lipinski definition) is 1. The second-order valence-electron chi connectivity index (χ2n) is 4.22. The van der Waals surface area contributed by atoms with Gasteiger partial charge in [-0.05, 0) is 31.5 Å². The number of benzene rings is 1. The summed E-state index contributed by atoms with van der Waals surface area (Å²) in [6, 6.07) is 3.89. The molecular weight excluding hydrogens is 250 g/mol. The van der Waals surface area contributed by atoms with E-state index in [1.807, 2.05) is 19.1 Å². The average molecular weight is 263 g/mol. The van der Waals surface area contributed by atoms with Crippen molar-refractivity contribution in [2.24, 2.45) is 0 Å². The fraction of sp³-hybridized carbons (Fsp3) is 0.308. The second kappa shape index (κ2) is 4.17. The molecule has 1 aliphatic heterocycles. The van der Waals surface area contributed by atoms with Crippen LogP contribution in [0.25, 0.3) is 10.6 Å². The first-order valence-electron chi connectivity index (χ1n) is 5.72. The van der Waals surface area contributed by atoms with Crippen molar-refractivity contribution >= 4 is 11.3 Å². The molecule has 94 valence electrons. The Hall–Kier alpha value is -1.75. The number of aromatic hydroxyl groups is 1. The summed E-state index contributed by atoms with van der Waals surface area (Å²) in [6.45, 7) is 4.95. The molecule has 1 aromatic carbocycles. The summed E-state index contributed by atoms with van der Waals surface area (Å²) in [5, 5.41) is 10.7. The van der Waals surface area contributed by atoms with Gasteiger partial charge in [0.2, 0.25) is 0 Å². The highest BCUT2D eigenvalue weighted by Gasteiger charge is 2.17. The first-order chi connectivity index (χ1) is 8.65. The number of hydrogen-bond acceptors (Lipinski definition) is 5. The smallest absolute Gasteiger partial charge is 0.195 e. The standard InChI is InChI=1S/C13H13NO3S/c1-7-5-10-11(17-4-3-16-10)6-9(7)12-14-8(2)13(15)18-12/h5-6,15H,3-4H2,1-2H3. The van der Waals surface area contributed by atoms with Crippen LogP contribution in [0, 0.1) is 13.8 Å². The first kappa shape index (κ1) is 11.3. The van der Waals surface area contributed by atoms with Crippen LogP contribution < -0.4 is 9.47 Å². The molecule has 0 aliphatic carbocycles. The van der Waals surface area contributed by atoms with Gasteiger partial charge in [-0.25, -0.2) is 4.98 Å². The normalized spacial score (nSPS) is 13.7. The van der Waals surface area contributed by atoms with E-state index in [1.165, 1.54) is 11.3 Å². The van der Waals surface area contributed by atoms with Gasteiger partial charge in [0.15, 0.2) is 16.6 Å². The SMILES string of the molecule is Cc1cc2c(cc1-c1nc(C)c(O)s1)OCCO2. The third kappa shape index (κ3) is 1.80. The van der Waals surface area contributed by atoms with Crippen molar-refractivity contribution in [1.29, 1.82) is 0 Å². The minimum atomic E-state index is 0.263. The van der Waals surface area contributed by atoms with Gasteiger partial charge in [-0.15, -0.1) is 0 Å². The number of fused-ring (bicyclic) bond motifs is 1. The molecule has 0 atom stereocenters. The highest BCUT2D eigenvalue weighted by molar-refractivity contribution is 7.16. The van der Waals surface area contributed by atoms with Crippen molar-refractivity contribution in [3.63, 3.8) is 0 Å². The lowest BCUT2D eigenvalue weighted by molar-refractivity contribution is 0.171. The van der Waals surface area contributed by atoms with E-state index in [0.29, 0.717) is 18.9 Å². The zero-order valence-electron chi connectivity index (χ0n) is 10.2. The summed E-state index contributed by atoms with van der Waals surface area (Å²) in [5.74, 6) is 1.52. The van der Waals surface area contributed by atoms with Gasteiger partial charge in [0.25, 0.3) is 0 Å². The molecule has 0 fully saturated rings. The number of aryl methyl sites for hydroxylation is 2. The van der Waals surface area contributed by atoms with Crippen LogP contribution in [-0.2, 0) is 0 Å². The Labute approximate surface area is 109 Å². The molecule has 1 N–H and O–H groups in total. The topological polar surface area (TPSA) is 51.6 Å². The maximum atomic E-state index is 9.63. The molecule has 0 radical (unpaired) electrons. The summed E-state index contributed by atoms with van der Waals surface area (Å²) in [6.07, 6.45) is 0. The monoisotopic (exact) mass is 263 g/mol. The minimum Gasteiger partial charge on any atom is -0.498 e. The fourth-order valence-corrected chi connectivity index (χ4v) is 2.81. The first-order valence-corrected chi connectivity index (χ1v) is 6.54. The maximum Gasteiger partial charge on any atom is 0.195 e. The van der Waals surface area contributed by atoms with Crippen LogP contribution in [0.1, 0.15) is 11.3 Å². The fourth-order valence-electron chi connectivity index (χ4n) is 1.92. The largest absolute Gasteiger partial charge is 0.498 e. The van der Waals surface area contributed by atoms with Crippen molar-refractivity contribution in [2.45, 2.75) is 13.8 Å². The molecule has 3 rings (SSSR count). The van der Waals surface area contributed by atoms with Gasteiger partial charge in [0, 0.05) is 5.56 Å². The molecule has 5 heteroatoms. The molecule has 2 aromatic rings. The van der Waals surface area contributed by atoms with Crippen LogP contribution in [0.3, 0.4) is 0 Å². The minimum absolute atomic E-state index is 0.263. The third-order valence-electron chi connectivity index (χ3n) is 2.89. The van der Waals surface area contributed by atoms with Crippen LogP contribution in [0.15, 0.2) is 12.1 Å². The lowest BCUT2D eigenvalue weighted by Gasteiger charge is -2.19. The maximum absolute atomic E-state index is 9.63. The van der Waals surface area contributed by atoms with Crippen molar-refractivity contribution in [3.05, 3.63) is 23.4 Å². The number of nitrogens with zero attached hydrogens (tertiary/aromatic N) is 1. The lowest BCUT2D eigenvalue weighted by atomic mass is 10.1. The molecule has 0 bridgehead atoms. The number of aromatic nitrogens is 1. The van der Waals surface area contributed by atoms with E-state index in [0.717, 1.165) is 27.6 Å². The van der Waals surface area contributed by atoms with E-state index in [1.54, 1.807) is 6.92 Å². The molecular formula is C13H13NO3S. The third-order valence-corrected chi connectivity index (χ3v) is 3.89. The number of thiazole rings is 1. The predicted molar refractivity (Wildman–Crippen MR) is 69.7 cm³/mol. The summed E-state index contributed by atoms with van der Waals surface area (Å²) in [7, 11) is 0. The zero-order chi connectivity index (χ0) is 12.7. The van der Waals surface area contributed by atoms with Gasteiger partial charge < -0.3 is 14.6 Å². The molecule has 0 unspecified atom stereocenters. The van der Waals surface area contributed by atoms with Gasteiger partial charge in [0.05, 0.1) is 5.69 Å². The molecule has 1 aliphatic rings. The van der Waals surface area contributed by atoms with Crippen molar-refractivity contribution in [1.82, 2.24) is 4.98 Å². The Morgan fingerprint density at radius 1 is 1.17 bits per heavy atom. The van der Waals surface area contributed by atoms with Gasteiger partial charge in [-0.1, -0.05) is 11.3 Å². The Morgan fingerprint density at radius 3 is 2.44 bits per heavy atom. The Kier molecular flexibility index (Phi) is 2.63. The van der Waals surface area contributed by atoms with Gasteiger partial charge in [0.1, 0.15) is 18.2 Å². The van der Waals surface area contributed by atoms with E-state index in [4.69, 9.17) is 9.47 Å². The molecule has 18 heavy (non-hydrogen) atoms.